The van der Waals surface area contributed by atoms with Crippen molar-refractivity contribution in [1.29, 1.82) is 0 Å². The minimum Gasteiger partial charge on any atom is -0.351 e. The van der Waals surface area contributed by atoms with Gasteiger partial charge in [0.1, 0.15) is 6.04 Å². The van der Waals surface area contributed by atoms with E-state index < -0.39 is 12.1 Å². The van der Waals surface area contributed by atoms with Crippen LogP contribution < -0.4 is 5.32 Å². The van der Waals surface area contributed by atoms with E-state index >= 15 is 0 Å². The van der Waals surface area contributed by atoms with Crippen LogP contribution in [-0.4, -0.2) is 75.8 Å². The second-order valence-electron chi connectivity index (χ2n) is 7.08. The molecular formula is C15H24N4O3. The maximum Gasteiger partial charge on any atom is 0.344 e. The quantitative estimate of drug-likeness (QED) is 0.740. The molecule has 0 aromatic heterocycles. The van der Waals surface area contributed by atoms with Crippen LogP contribution in [0.5, 0.6) is 0 Å². The molecule has 122 valence electrons. The van der Waals surface area contributed by atoms with Gasteiger partial charge >= 0.3 is 6.03 Å². The Hall–Kier alpha value is -1.34. The number of rotatable bonds is 3. The van der Waals surface area contributed by atoms with E-state index in [1.54, 1.807) is 0 Å². The van der Waals surface area contributed by atoms with Gasteiger partial charge in [-0.3, -0.25) is 10.0 Å². The van der Waals surface area contributed by atoms with Crippen LogP contribution in [0.4, 0.5) is 4.79 Å². The summed E-state index contributed by atoms with van der Waals surface area (Å²) in [6.07, 6.45) is 5.98. The topological polar surface area (TPSA) is 76.1 Å². The molecule has 0 spiro atoms. The molecule has 22 heavy (non-hydrogen) atoms. The molecule has 4 rings (SSSR count). The number of nitrogens with one attached hydrogen (secondary N) is 1. The Morgan fingerprint density at radius 1 is 1.05 bits per heavy atom. The number of amides is 3. The number of hydrogen-bond acceptors (Lipinski definition) is 4. The molecule has 3 heterocycles. The van der Waals surface area contributed by atoms with Gasteiger partial charge in [-0.1, -0.05) is 0 Å². The van der Waals surface area contributed by atoms with Crippen molar-refractivity contribution in [3.05, 3.63) is 0 Å². The Kier molecular flexibility index (Phi) is 3.49. The third-order valence-corrected chi connectivity index (χ3v) is 5.59. The van der Waals surface area contributed by atoms with Crippen LogP contribution in [0, 0.1) is 0 Å². The summed E-state index contributed by atoms with van der Waals surface area (Å²) in [7, 11) is 0. The molecule has 1 aliphatic carbocycles. The highest BCUT2D eigenvalue weighted by Crippen LogP contribution is 2.30. The summed E-state index contributed by atoms with van der Waals surface area (Å²) in [6, 6.07) is 0.0414. The highest BCUT2D eigenvalue weighted by Gasteiger charge is 2.47. The predicted molar refractivity (Wildman–Crippen MR) is 78.3 cm³/mol. The molecule has 0 aromatic carbocycles. The predicted octanol–water partition coefficient (Wildman–Crippen LogP) is 0.387. The van der Waals surface area contributed by atoms with Crippen LogP contribution in [0.1, 0.15) is 38.5 Å². The normalized spacial score (nSPS) is 33.4. The fourth-order valence-electron chi connectivity index (χ4n) is 4.07. The lowest BCUT2D eigenvalue weighted by atomic mass is 9.98. The number of hydroxylamine groups is 2. The molecule has 7 heteroatoms. The SMILES string of the molecule is O=C(NC1CCN(C2CC2)CC1)[C@@H]1CC[C@@H]2CN1C(=O)N2O. The van der Waals surface area contributed by atoms with E-state index in [1.165, 1.54) is 17.7 Å². The average molecular weight is 308 g/mol. The van der Waals surface area contributed by atoms with Crippen molar-refractivity contribution in [2.75, 3.05) is 19.6 Å². The number of carbonyl (C=O) groups excluding carboxylic acids is 2. The molecule has 3 saturated heterocycles. The van der Waals surface area contributed by atoms with Crippen molar-refractivity contribution < 1.29 is 14.8 Å². The maximum atomic E-state index is 12.5. The van der Waals surface area contributed by atoms with Gasteiger partial charge in [-0.25, -0.2) is 9.86 Å². The first-order valence-electron chi connectivity index (χ1n) is 8.46. The number of hydrogen-bond donors (Lipinski definition) is 2. The van der Waals surface area contributed by atoms with E-state index in [2.05, 4.69) is 10.2 Å². The largest absolute Gasteiger partial charge is 0.351 e. The van der Waals surface area contributed by atoms with E-state index in [1.807, 2.05) is 0 Å². The number of urea groups is 1. The number of likely N-dealkylation sites (tertiary alicyclic amines) is 1. The molecule has 2 N–H and O–H groups in total. The molecule has 0 aromatic rings. The first-order valence-corrected chi connectivity index (χ1v) is 8.46. The second kappa shape index (κ2) is 5.38. The summed E-state index contributed by atoms with van der Waals surface area (Å²) in [4.78, 5) is 28.5. The van der Waals surface area contributed by atoms with Gasteiger partial charge in [-0.2, -0.15) is 0 Å². The van der Waals surface area contributed by atoms with Gasteiger partial charge < -0.3 is 15.1 Å². The van der Waals surface area contributed by atoms with Crippen LogP contribution in [0.25, 0.3) is 0 Å². The Morgan fingerprint density at radius 3 is 2.41 bits per heavy atom. The zero-order valence-electron chi connectivity index (χ0n) is 12.8. The summed E-state index contributed by atoms with van der Waals surface area (Å²) >= 11 is 0. The van der Waals surface area contributed by atoms with Gasteiger partial charge in [-0.15, -0.1) is 0 Å². The van der Waals surface area contributed by atoms with E-state index in [9.17, 15) is 14.8 Å². The molecule has 0 unspecified atom stereocenters. The molecule has 2 atom stereocenters. The molecule has 0 radical (unpaired) electrons. The minimum absolute atomic E-state index is 0.0491. The van der Waals surface area contributed by atoms with Gasteiger partial charge in [0.05, 0.1) is 6.04 Å². The molecule has 2 bridgehead atoms. The number of carbonyl (C=O) groups is 2. The van der Waals surface area contributed by atoms with Gasteiger partial charge in [-0.05, 0) is 38.5 Å². The fraction of sp³-hybridized carbons (Fsp3) is 0.867. The van der Waals surface area contributed by atoms with Gasteiger partial charge in [0.25, 0.3) is 0 Å². The lowest BCUT2D eigenvalue weighted by Crippen LogP contribution is -2.53. The molecular weight excluding hydrogens is 284 g/mol. The molecule has 7 nitrogen and oxygen atoms in total. The maximum absolute atomic E-state index is 12.5. The molecule has 4 fully saturated rings. The number of fused-ring (bicyclic) bond motifs is 2. The Labute approximate surface area is 130 Å². The van der Waals surface area contributed by atoms with E-state index in [-0.39, 0.29) is 18.0 Å². The lowest BCUT2D eigenvalue weighted by Gasteiger charge is -2.35. The van der Waals surface area contributed by atoms with E-state index in [0.29, 0.717) is 19.4 Å². The smallest absolute Gasteiger partial charge is 0.344 e. The number of nitrogens with zero attached hydrogens (tertiary/aromatic N) is 3. The highest BCUT2D eigenvalue weighted by atomic mass is 16.5. The number of piperidine rings is 2. The summed E-state index contributed by atoms with van der Waals surface area (Å²) in [5.74, 6) is -0.0491. The molecule has 4 aliphatic rings. The first kappa shape index (κ1) is 14.3. The zero-order chi connectivity index (χ0) is 15.3. The highest BCUT2D eigenvalue weighted by molar-refractivity contribution is 5.88. The third kappa shape index (κ3) is 2.46. The summed E-state index contributed by atoms with van der Waals surface area (Å²) in [6.45, 7) is 2.60. The van der Waals surface area contributed by atoms with Crippen molar-refractivity contribution in [2.24, 2.45) is 0 Å². The van der Waals surface area contributed by atoms with Crippen LogP contribution in [-0.2, 0) is 4.79 Å². The summed E-state index contributed by atoms with van der Waals surface area (Å²) < 4.78 is 0. The van der Waals surface area contributed by atoms with Crippen molar-refractivity contribution in [3.63, 3.8) is 0 Å². The first-order chi connectivity index (χ1) is 10.6. The Balaban J connectivity index is 1.32. The van der Waals surface area contributed by atoms with Crippen LogP contribution in [0.2, 0.25) is 0 Å². The Bertz CT molecular complexity index is 473. The van der Waals surface area contributed by atoms with Crippen molar-refractivity contribution >= 4 is 11.9 Å². The van der Waals surface area contributed by atoms with E-state index in [4.69, 9.17) is 0 Å². The van der Waals surface area contributed by atoms with Gasteiger partial charge in [0.15, 0.2) is 0 Å². The van der Waals surface area contributed by atoms with Crippen LogP contribution >= 0.6 is 0 Å². The zero-order valence-corrected chi connectivity index (χ0v) is 12.8. The minimum atomic E-state index is -0.425. The second-order valence-corrected chi connectivity index (χ2v) is 7.08. The summed E-state index contributed by atoms with van der Waals surface area (Å²) in [5.41, 5.74) is 0. The third-order valence-electron chi connectivity index (χ3n) is 5.59. The Morgan fingerprint density at radius 2 is 1.73 bits per heavy atom. The van der Waals surface area contributed by atoms with Crippen molar-refractivity contribution in [1.82, 2.24) is 20.2 Å². The van der Waals surface area contributed by atoms with Crippen molar-refractivity contribution in [3.8, 4) is 0 Å². The summed E-state index contributed by atoms with van der Waals surface area (Å²) in [5, 5.41) is 13.6. The monoisotopic (exact) mass is 308 g/mol. The van der Waals surface area contributed by atoms with Crippen LogP contribution in [0.3, 0.4) is 0 Å². The van der Waals surface area contributed by atoms with Gasteiger partial charge in [0, 0.05) is 31.7 Å². The lowest BCUT2D eigenvalue weighted by molar-refractivity contribution is -0.127. The van der Waals surface area contributed by atoms with E-state index in [0.717, 1.165) is 37.0 Å². The molecule has 3 aliphatic heterocycles. The average Bonchev–Trinajstić information content (AvgIpc) is 3.35. The molecule has 1 saturated carbocycles. The molecule has 3 amide bonds. The standard InChI is InChI=1S/C15H24N4O3/c20-14(13-4-3-12-9-18(13)15(21)19(12)22)16-10-5-7-17(8-6-10)11-1-2-11/h10-13,22H,1-9H2,(H,16,20)/t12-,13+/m1/s1. The van der Waals surface area contributed by atoms with Crippen molar-refractivity contribution in [2.45, 2.75) is 62.7 Å². The van der Waals surface area contributed by atoms with Crippen LogP contribution in [0.15, 0.2) is 0 Å². The van der Waals surface area contributed by atoms with Gasteiger partial charge in [0.2, 0.25) is 5.91 Å². The fourth-order valence-corrected chi connectivity index (χ4v) is 4.07.